The van der Waals surface area contributed by atoms with Crippen molar-refractivity contribution in [3.8, 4) is 0 Å². The average Bonchev–Trinajstić information content (AvgIpc) is 2.76. The monoisotopic (exact) mass is 231 g/mol. The highest BCUT2D eigenvalue weighted by molar-refractivity contribution is 5.72. The molecule has 1 fully saturated rings. The highest BCUT2D eigenvalue weighted by Crippen LogP contribution is 2.36. The molecule has 17 heavy (non-hydrogen) atoms. The van der Waals surface area contributed by atoms with Gasteiger partial charge in [0.05, 0.1) is 17.6 Å². The summed E-state index contributed by atoms with van der Waals surface area (Å²) in [5.74, 6) is 0.786. The Bertz CT molecular complexity index is 428. The van der Waals surface area contributed by atoms with Crippen LogP contribution in [0.4, 0.5) is 11.4 Å². The fraction of sp³-hybridized carbons (Fsp3) is 0.643. The molecule has 1 aromatic rings. The van der Waals surface area contributed by atoms with Crippen molar-refractivity contribution in [1.82, 2.24) is 4.98 Å². The Labute approximate surface area is 103 Å². The summed E-state index contributed by atoms with van der Waals surface area (Å²) in [6, 6.07) is 0. The molecule has 0 radical (unpaired) electrons. The molecule has 1 saturated heterocycles. The Morgan fingerprint density at radius 3 is 3.06 bits per heavy atom. The molecule has 3 heteroatoms. The third kappa shape index (κ3) is 1.88. The number of aryl methyl sites for hydroxylation is 1. The van der Waals surface area contributed by atoms with E-state index in [-0.39, 0.29) is 0 Å². The highest BCUT2D eigenvalue weighted by Gasteiger charge is 2.25. The van der Waals surface area contributed by atoms with Gasteiger partial charge in [-0.2, -0.15) is 0 Å². The third-order valence-corrected chi connectivity index (χ3v) is 4.08. The van der Waals surface area contributed by atoms with Gasteiger partial charge in [0.1, 0.15) is 0 Å². The van der Waals surface area contributed by atoms with E-state index in [0.29, 0.717) is 0 Å². The number of anilines is 2. The van der Waals surface area contributed by atoms with Crippen molar-refractivity contribution in [2.75, 3.05) is 23.7 Å². The molecule has 1 aliphatic carbocycles. The second-order valence-corrected chi connectivity index (χ2v) is 5.53. The molecule has 0 saturated carbocycles. The predicted molar refractivity (Wildman–Crippen MR) is 71.3 cm³/mol. The van der Waals surface area contributed by atoms with E-state index in [4.69, 9.17) is 5.73 Å². The van der Waals surface area contributed by atoms with Gasteiger partial charge in [0.15, 0.2) is 0 Å². The summed E-state index contributed by atoms with van der Waals surface area (Å²) in [6.45, 7) is 4.65. The molecule has 0 aromatic carbocycles. The predicted octanol–water partition coefficient (Wildman–Crippen LogP) is 2.39. The van der Waals surface area contributed by atoms with Crippen molar-refractivity contribution in [2.45, 2.75) is 39.0 Å². The molecule has 1 atom stereocenters. The maximum absolute atomic E-state index is 6.17. The first-order valence-corrected chi connectivity index (χ1v) is 6.77. The fourth-order valence-electron chi connectivity index (χ4n) is 3.27. The standard InChI is InChI=1S/C14H21N3/c1-10-4-3-7-17(9-10)14-11-5-2-6-13(11)16-8-12(14)15/h8,10H,2-7,9,15H2,1H3. The minimum atomic E-state index is 0.786. The number of piperidine rings is 1. The largest absolute Gasteiger partial charge is 0.396 e. The molecule has 0 bridgehead atoms. The van der Waals surface area contributed by atoms with Crippen molar-refractivity contribution in [2.24, 2.45) is 5.92 Å². The van der Waals surface area contributed by atoms with Crippen molar-refractivity contribution < 1.29 is 0 Å². The minimum absolute atomic E-state index is 0.786. The summed E-state index contributed by atoms with van der Waals surface area (Å²) in [6.07, 6.45) is 8.03. The second kappa shape index (κ2) is 4.21. The third-order valence-electron chi connectivity index (χ3n) is 4.08. The summed E-state index contributed by atoms with van der Waals surface area (Å²) in [4.78, 5) is 6.98. The highest BCUT2D eigenvalue weighted by atomic mass is 15.2. The van der Waals surface area contributed by atoms with E-state index in [1.807, 2.05) is 6.20 Å². The number of rotatable bonds is 1. The van der Waals surface area contributed by atoms with Gasteiger partial charge in [0, 0.05) is 18.8 Å². The number of hydrogen-bond donors (Lipinski definition) is 1. The van der Waals surface area contributed by atoms with Crippen LogP contribution >= 0.6 is 0 Å². The van der Waals surface area contributed by atoms with E-state index in [9.17, 15) is 0 Å². The van der Waals surface area contributed by atoms with Crippen LogP contribution in [-0.2, 0) is 12.8 Å². The lowest BCUT2D eigenvalue weighted by Gasteiger charge is -2.34. The lowest BCUT2D eigenvalue weighted by atomic mass is 9.98. The zero-order valence-corrected chi connectivity index (χ0v) is 10.6. The molecule has 2 N–H and O–H groups in total. The number of fused-ring (bicyclic) bond motifs is 1. The summed E-state index contributed by atoms with van der Waals surface area (Å²) in [5, 5.41) is 0. The lowest BCUT2D eigenvalue weighted by Crippen LogP contribution is -2.35. The van der Waals surface area contributed by atoms with Crippen LogP contribution in [0.3, 0.4) is 0 Å². The van der Waals surface area contributed by atoms with Crippen LogP contribution in [0.1, 0.15) is 37.4 Å². The Balaban J connectivity index is 1.99. The topological polar surface area (TPSA) is 42.1 Å². The van der Waals surface area contributed by atoms with E-state index in [1.54, 1.807) is 0 Å². The van der Waals surface area contributed by atoms with Gasteiger partial charge in [-0.1, -0.05) is 6.92 Å². The average molecular weight is 231 g/mol. The molecular weight excluding hydrogens is 210 g/mol. The number of nitrogens with zero attached hydrogens (tertiary/aromatic N) is 2. The fourth-order valence-corrected chi connectivity index (χ4v) is 3.27. The quantitative estimate of drug-likeness (QED) is 0.807. The Kier molecular flexibility index (Phi) is 2.69. The summed E-state index contributed by atoms with van der Waals surface area (Å²) in [7, 11) is 0. The van der Waals surface area contributed by atoms with Crippen molar-refractivity contribution >= 4 is 11.4 Å². The smallest absolute Gasteiger partial charge is 0.0741 e. The van der Waals surface area contributed by atoms with Crippen LogP contribution in [0.15, 0.2) is 6.20 Å². The van der Waals surface area contributed by atoms with Crippen LogP contribution in [0.25, 0.3) is 0 Å². The van der Waals surface area contributed by atoms with E-state index in [2.05, 4.69) is 16.8 Å². The van der Waals surface area contributed by atoms with Crippen LogP contribution in [0.2, 0.25) is 0 Å². The normalized spacial score (nSPS) is 23.8. The van der Waals surface area contributed by atoms with Crippen molar-refractivity contribution in [3.05, 3.63) is 17.5 Å². The van der Waals surface area contributed by atoms with Gasteiger partial charge < -0.3 is 10.6 Å². The van der Waals surface area contributed by atoms with Crippen LogP contribution < -0.4 is 10.6 Å². The van der Waals surface area contributed by atoms with Crippen molar-refractivity contribution in [3.63, 3.8) is 0 Å². The SMILES string of the molecule is CC1CCCN(c2c(N)cnc3c2CCC3)C1. The Hall–Kier alpha value is -1.25. The maximum Gasteiger partial charge on any atom is 0.0741 e. The first-order chi connectivity index (χ1) is 8.25. The zero-order chi connectivity index (χ0) is 11.8. The molecular formula is C14H21N3. The molecule has 2 aliphatic rings. The zero-order valence-electron chi connectivity index (χ0n) is 10.6. The minimum Gasteiger partial charge on any atom is -0.396 e. The van der Waals surface area contributed by atoms with Gasteiger partial charge in [-0.3, -0.25) is 4.98 Å². The number of aromatic nitrogens is 1. The molecule has 1 aromatic heterocycles. The number of hydrogen-bond acceptors (Lipinski definition) is 3. The van der Waals surface area contributed by atoms with Gasteiger partial charge in [-0.15, -0.1) is 0 Å². The lowest BCUT2D eigenvalue weighted by molar-refractivity contribution is 0.446. The van der Waals surface area contributed by atoms with Gasteiger partial charge in [-0.25, -0.2) is 0 Å². The number of pyridine rings is 1. The molecule has 3 rings (SSSR count). The van der Waals surface area contributed by atoms with Gasteiger partial charge in [0.2, 0.25) is 0 Å². The summed E-state index contributed by atoms with van der Waals surface area (Å²) < 4.78 is 0. The van der Waals surface area contributed by atoms with Crippen LogP contribution in [0, 0.1) is 5.92 Å². The van der Waals surface area contributed by atoms with Gasteiger partial charge >= 0.3 is 0 Å². The van der Waals surface area contributed by atoms with E-state index in [0.717, 1.165) is 37.5 Å². The van der Waals surface area contributed by atoms with Crippen LogP contribution in [-0.4, -0.2) is 18.1 Å². The molecule has 0 spiro atoms. The second-order valence-electron chi connectivity index (χ2n) is 5.53. The number of nitrogens with two attached hydrogens (primary N) is 1. The van der Waals surface area contributed by atoms with E-state index >= 15 is 0 Å². The maximum atomic E-state index is 6.17. The molecule has 1 unspecified atom stereocenters. The molecule has 3 nitrogen and oxygen atoms in total. The molecule has 2 heterocycles. The summed E-state index contributed by atoms with van der Waals surface area (Å²) >= 11 is 0. The van der Waals surface area contributed by atoms with Gasteiger partial charge in [0.25, 0.3) is 0 Å². The molecule has 0 amide bonds. The first kappa shape index (κ1) is 10.9. The van der Waals surface area contributed by atoms with Crippen molar-refractivity contribution in [1.29, 1.82) is 0 Å². The van der Waals surface area contributed by atoms with Gasteiger partial charge in [-0.05, 0) is 43.6 Å². The Morgan fingerprint density at radius 2 is 2.24 bits per heavy atom. The van der Waals surface area contributed by atoms with E-state index in [1.165, 1.54) is 36.2 Å². The Morgan fingerprint density at radius 1 is 1.35 bits per heavy atom. The van der Waals surface area contributed by atoms with E-state index < -0.39 is 0 Å². The summed E-state index contributed by atoms with van der Waals surface area (Å²) in [5.41, 5.74) is 11.1. The first-order valence-electron chi connectivity index (χ1n) is 6.77. The molecule has 92 valence electrons. The molecule has 1 aliphatic heterocycles. The van der Waals surface area contributed by atoms with Crippen LogP contribution in [0.5, 0.6) is 0 Å². The number of nitrogen functional groups attached to an aromatic ring is 1.